The van der Waals surface area contributed by atoms with Gasteiger partial charge in [-0.25, -0.2) is 4.52 Å². The summed E-state index contributed by atoms with van der Waals surface area (Å²) >= 11 is 0. The highest BCUT2D eigenvalue weighted by Crippen LogP contribution is 2.23. The molecule has 0 aromatic carbocycles. The van der Waals surface area contributed by atoms with E-state index in [1.54, 1.807) is 47.0 Å². The number of hydrogen-bond acceptors (Lipinski definition) is 7. The summed E-state index contributed by atoms with van der Waals surface area (Å²) in [5.74, 6) is 0.161. The van der Waals surface area contributed by atoms with Crippen LogP contribution in [0.15, 0.2) is 43.2 Å². The first-order chi connectivity index (χ1) is 17.8. The second-order valence-electron chi connectivity index (χ2n) is 10.0. The molecule has 37 heavy (non-hydrogen) atoms. The normalized spacial score (nSPS) is 16.0. The lowest BCUT2D eigenvalue weighted by atomic mass is 10.1. The number of carbonyl (C=O) groups is 2. The summed E-state index contributed by atoms with van der Waals surface area (Å²) in [5, 5.41) is 14.4. The van der Waals surface area contributed by atoms with Crippen LogP contribution in [0.2, 0.25) is 0 Å². The predicted octanol–water partition coefficient (Wildman–Crippen LogP) is 3.00. The van der Waals surface area contributed by atoms with Gasteiger partial charge in [0.15, 0.2) is 0 Å². The monoisotopic (exact) mass is 501 g/mol. The van der Waals surface area contributed by atoms with Crippen LogP contribution in [0.4, 0.5) is 11.4 Å². The standard InChI is InChI=1S/C26H31N9O2/c1-16(2)12-34-6-5-18(14-34)25(36)31-20-7-22(17(3)27-9-20)32-26(37)21-10-30-35-15-23(28-11-24(21)35)19-8-29-33(4)13-19/h7-11,13,15-16,18H,5-6,12,14H2,1-4H3,(H,31,36)(H,32,37)/t18-/m0/s1. The SMILES string of the molecule is Cc1ncc(NC(=O)[C@H]2CCN(CC(C)C)C2)cc1NC(=O)c1cnn2cc(-c3cnn(C)c3)ncc12. The number of anilines is 2. The maximum absolute atomic E-state index is 13.1. The van der Waals surface area contributed by atoms with Gasteiger partial charge in [0.05, 0.1) is 70.7 Å². The van der Waals surface area contributed by atoms with Gasteiger partial charge in [0, 0.05) is 31.9 Å². The molecule has 11 nitrogen and oxygen atoms in total. The first-order valence-electron chi connectivity index (χ1n) is 12.4. The number of fused-ring (bicyclic) bond motifs is 1. The summed E-state index contributed by atoms with van der Waals surface area (Å²) in [6.07, 6.45) is 10.9. The second-order valence-corrected chi connectivity index (χ2v) is 10.0. The first kappa shape index (κ1) is 24.6. The molecule has 1 atom stereocenters. The van der Waals surface area contributed by atoms with Gasteiger partial charge in [-0.1, -0.05) is 13.8 Å². The number of aryl methyl sites for hydroxylation is 2. The van der Waals surface area contributed by atoms with Crippen molar-refractivity contribution in [3.05, 3.63) is 54.5 Å². The van der Waals surface area contributed by atoms with Gasteiger partial charge in [0.1, 0.15) is 0 Å². The predicted molar refractivity (Wildman–Crippen MR) is 140 cm³/mol. The Bertz CT molecular complexity index is 1460. The molecular formula is C26H31N9O2. The van der Waals surface area contributed by atoms with Crippen molar-refractivity contribution < 1.29 is 9.59 Å². The minimum atomic E-state index is -0.334. The van der Waals surface area contributed by atoms with Gasteiger partial charge in [0.25, 0.3) is 5.91 Å². The number of amides is 2. The van der Waals surface area contributed by atoms with Crippen molar-refractivity contribution in [2.45, 2.75) is 27.2 Å². The van der Waals surface area contributed by atoms with E-state index in [-0.39, 0.29) is 17.7 Å². The van der Waals surface area contributed by atoms with E-state index in [9.17, 15) is 9.59 Å². The van der Waals surface area contributed by atoms with E-state index in [1.165, 1.54) is 6.20 Å². The molecule has 2 N–H and O–H groups in total. The Labute approximate surface area is 214 Å². The van der Waals surface area contributed by atoms with E-state index >= 15 is 0 Å². The maximum Gasteiger partial charge on any atom is 0.259 e. The summed E-state index contributed by atoms with van der Waals surface area (Å²) in [6.45, 7) is 8.87. The van der Waals surface area contributed by atoms with Crippen molar-refractivity contribution in [1.29, 1.82) is 0 Å². The van der Waals surface area contributed by atoms with Crippen molar-refractivity contribution in [3.63, 3.8) is 0 Å². The second kappa shape index (κ2) is 10.1. The van der Waals surface area contributed by atoms with E-state index in [2.05, 4.69) is 49.5 Å². The molecule has 0 spiro atoms. The highest BCUT2D eigenvalue weighted by atomic mass is 16.2. The molecule has 1 fully saturated rings. The first-order valence-corrected chi connectivity index (χ1v) is 12.4. The van der Waals surface area contributed by atoms with Crippen LogP contribution < -0.4 is 10.6 Å². The molecule has 1 aliphatic heterocycles. The van der Waals surface area contributed by atoms with Crippen LogP contribution in [0, 0.1) is 18.8 Å². The lowest BCUT2D eigenvalue weighted by molar-refractivity contribution is -0.119. The number of aromatic nitrogens is 6. The van der Waals surface area contributed by atoms with Crippen molar-refractivity contribution >= 4 is 28.7 Å². The third-order valence-corrected chi connectivity index (χ3v) is 6.52. The minimum Gasteiger partial charge on any atom is -0.324 e. The summed E-state index contributed by atoms with van der Waals surface area (Å²) in [7, 11) is 1.84. The Kier molecular flexibility index (Phi) is 6.70. The van der Waals surface area contributed by atoms with Gasteiger partial charge in [-0.05, 0) is 31.9 Å². The van der Waals surface area contributed by atoms with Crippen LogP contribution in [0.1, 0.15) is 36.3 Å². The fourth-order valence-electron chi connectivity index (χ4n) is 4.65. The van der Waals surface area contributed by atoms with Crippen molar-refractivity contribution in [2.24, 2.45) is 18.9 Å². The molecule has 1 saturated heterocycles. The summed E-state index contributed by atoms with van der Waals surface area (Å²) < 4.78 is 3.32. The summed E-state index contributed by atoms with van der Waals surface area (Å²) in [5.41, 5.74) is 4.24. The lowest BCUT2D eigenvalue weighted by Crippen LogP contribution is -2.29. The molecule has 1 aliphatic rings. The van der Waals surface area contributed by atoms with Crippen LogP contribution in [0.5, 0.6) is 0 Å². The largest absolute Gasteiger partial charge is 0.324 e. The zero-order valence-corrected chi connectivity index (χ0v) is 21.5. The molecule has 11 heteroatoms. The zero-order chi connectivity index (χ0) is 26.1. The molecule has 0 aliphatic carbocycles. The van der Waals surface area contributed by atoms with Gasteiger partial charge < -0.3 is 15.5 Å². The molecule has 0 bridgehead atoms. The van der Waals surface area contributed by atoms with Crippen LogP contribution in [-0.4, -0.2) is 65.7 Å². The van der Waals surface area contributed by atoms with Crippen LogP contribution in [0.3, 0.4) is 0 Å². The zero-order valence-electron chi connectivity index (χ0n) is 21.5. The smallest absolute Gasteiger partial charge is 0.259 e. The van der Waals surface area contributed by atoms with E-state index in [4.69, 9.17) is 0 Å². The Morgan fingerprint density at radius 3 is 2.68 bits per heavy atom. The van der Waals surface area contributed by atoms with Crippen LogP contribution >= 0.6 is 0 Å². The van der Waals surface area contributed by atoms with E-state index in [1.807, 2.05) is 13.2 Å². The Hall–Kier alpha value is -4.12. The summed E-state index contributed by atoms with van der Waals surface area (Å²) in [4.78, 5) is 37.2. The molecule has 5 heterocycles. The number of pyridine rings is 1. The number of nitrogens with zero attached hydrogens (tertiary/aromatic N) is 7. The lowest BCUT2D eigenvalue weighted by Gasteiger charge is -2.18. The number of rotatable bonds is 7. The van der Waals surface area contributed by atoms with Gasteiger partial charge in [-0.3, -0.25) is 24.2 Å². The average Bonchev–Trinajstić information content (AvgIpc) is 3.60. The molecule has 0 saturated carbocycles. The fraction of sp³-hybridized carbons (Fsp3) is 0.385. The molecule has 5 rings (SSSR count). The molecule has 0 unspecified atom stereocenters. The third-order valence-electron chi connectivity index (χ3n) is 6.52. The molecule has 4 aromatic heterocycles. The molecule has 4 aromatic rings. The molecule has 0 radical (unpaired) electrons. The molecule has 2 amide bonds. The number of nitrogens with one attached hydrogen (secondary N) is 2. The van der Waals surface area contributed by atoms with Gasteiger partial charge in [-0.2, -0.15) is 10.2 Å². The topological polar surface area (TPSA) is 122 Å². The Morgan fingerprint density at radius 2 is 1.92 bits per heavy atom. The van der Waals surface area contributed by atoms with Crippen LogP contribution in [0.25, 0.3) is 16.8 Å². The molecule has 192 valence electrons. The quantitative estimate of drug-likeness (QED) is 0.399. The number of hydrogen-bond donors (Lipinski definition) is 2. The Morgan fingerprint density at radius 1 is 1.08 bits per heavy atom. The maximum atomic E-state index is 13.1. The van der Waals surface area contributed by atoms with Gasteiger partial charge >= 0.3 is 0 Å². The minimum absolute atomic E-state index is 0.0210. The highest BCUT2D eigenvalue weighted by Gasteiger charge is 2.28. The number of carbonyl (C=O) groups excluding carboxylic acids is 2. The molecular weight excluding hydrogens is 470 g/mol. The van der Waals surface area contributed by atoms with Crippen molar-refractivity contribution in [3.8, 4) is 11.3 Å². The van der Waals surface area contributed by atoms with Crippen molar-refractivity contribution in [1.82, 2.24) is 34.3 Å². The van der Waals surface area contributed by atoms with Gasteiger partial charge in [-0.15, -0.1) is 0 Å². The Balaban J connectivity index is 1.28. The van der Waals surface area contributed by atoms with Crippen LogP contribution in [-0.2, 0) is 11.8 Å². The van der Waals surface area contributed by atoms with E-state index in [0.29, 0.717) is 39.8 Å². The van der Waals surface area contributed by atoms with E-state index in [0.717, 1.165) is 31.6 Å². The van der Waals surface area contributed by atoms with Crippen molar-refractivity contribution in [2.75, 3.05) is 30.3 Å². The highest BCUT2D eigenvalue weighted by molar-refractivity contribution is 6.09. The average molecular weight is 502 g/mol. The third kappa shape index (κ3) is 5.36. The fourth-order valence-corrected chi connectivity index (χ4v) is 4.65. The van der Waals surface area contributed by atoms with Gasteiger partial charge in [0.2, 0.25) is 5.91 Å². The van der Waals surface area contributed by atoms with E-state index < -0.39 is 0 Å². The number of likely N-dealkylation sites (tertiary alicyclic amines) is 1. The summed E-state index contributed by atoms with van der Waals surface area (Å²) in [6, 6.07) is 1.74.